The number of rotatable bonds is 2. The molecular weight excluding hydrogens is 256 g/mol. The van der Waals surface area contributed by atoms with Gasteiger partial charge in [-0.05, 0) is 12.5 Å². The Kier molecular flexibility index (Phi) is 3.37. The zero-order valence-electron chi connectivity index (χ0n) is 11.3. The summed E-state index contributed by atoms with van der Waals surface area (Å²) < 4.78 is 5.28. The van der Waals surface area contributed by atoms with Crippen LogP contribution in [0.1, 0.15) is 21.6 Å². The van der Waals surface area contributed by atoms with Gasteiger partial charge in [-0.25, -0.2) is 9.97 Å². The Morgan fingerprint density at radius 2 is 2.20 bits per heavy atom. The number of amides is 1. The summed E-state index contributed by atoms with van der Waals surface area (Å²) in [5.74, 6) is 0.664. The van der Waals surface area contributed by atoms with Crippen LogP contribution in [0, 0.1) is 0 Å². The number of hydrogen-bond donors (Lipinski definition) is 1. The van der Waals surface area contributed by atoms with E-state index in [4.69, 9.17) is 4.74 Å². The fourth-order valence-corrected chi connectivity index (χ4v) is 2.51. The average molecular weight is 272 g/mol. The van der Waals surface area contributed by atoms with E-state index in [0.29, 0.717) is 24.5 Å². The first kappa shape index (κ1) is 12.7. The van der Waals surface area contributed by atoms with Crippen LogP contribution in [-0.2, 0) is 12.8 Å². The van der Waals surface area contributed by atoms with Crippen molar-refractivity contribution in [3.05, 3.63) is 41.6 Å². The van der Waals surface area contributed by atoms with Gasteiger partial charge in [-0.3, -0.25) is 4.79 Å². The second-order valence-electron chi connectivity index (χ2n) is 4.70. The fourth-order valence-electron chi connectivity index (χ4n) is 2.51. The number of carbonyl (C=O) groups is 1. The van der Waals surface area contributed by atoms with E-state index < -0.39 is 0 Å². The molecule has 0 unspecified atom stereocenters. The van der Waals surface area contributed by atoms with Crippen LogP contribution in [0.3, 0.4) is 0 Å². The molecular formula is C14H16N4O2. The highest BCUT2D eigenvalue weighted by Gasteiger charge is 2.22. The highest BCUT2D eigenvalue weighted by Crippen LogP contribution is 2.22. The Balaban J connectivity index is 1.81. The lowest BCUT2D eigenvalue weighted by Gasteiger charge is -2.19. The molecule has 1 amide bonds. The second-order valence-corrected chi connectivity index (χ2v) is 4.70. The minimum Gasteiger partial charge on any atom is -0.481 e. The number of aromatic nitrogens is 3. The summed E-state index contributed by atoms with van der Waals surface area (Å²) in [6, 6.07) is 1.79. The van der Waals surface area contributed by atoms with E-state index in [-0.39, 0.29) is 5.91 Å². The molecule has 0 fully saturated rings. The zero-order valence-corrected chi connectivity index (χ0v) is 11.3. The SMILES string of the molecule is COc1ncnc2c1CCN(C(=O)c1cc[nH]c1)CC2. The van der Waals surface area contributed by atoms with E-state index in [0.717, 1.165) is 24.1 Å². The minimum atomic E-state index is 0.0472. The Morgan fingerprint density at radius 3 is 2.95 bits per heavy atom. The summed E-state index contributed by atoms with van der Waals surface area (Å²) in [5.41, 5.74) is 2.68. The summed E-state index contributed by atoms with van der Waals surface area (Å²) in [4.78, 5) is 25.6. The third kappa shape index (κ3) is 2.24. The van der Waals surface area contributed by atoms with Crippen molar-refractivity contribution in [2.45, 2.75) is 12.8 Å². The van der Waals surface area contributed by atoms with Gasteiger partial charge in [0.1, 0.15) is 6.33 Å². The number of carbonyl (C=O) groups excluding carboxylic acids is 1. The zero-order chi connectivity index (χ0) is 13.9. The lowest BCUT2D eigenvalue weighted by molar-refractivity contribution is 0.0763. The standard InChI is InChI=1S/C14H16N4O2/c1-20-13-11-3-6-18(7-4-12(11)16-9-17-13)14(19)10-2-5-15-8-10/h2,5,8-9,15H,3-4,6-7H2,1H3. The van der Waals surface area contributed by atoms with Crippen molar-refractivity contribution in [3.8, 4) is 5.88 Å². The van der Waals surface area contributed by atoms with Gasteiger partial charge in [0.2, 0.25) is 5.88 Å². The third-order valence-electron chi connectivity index (χ3n) is 3.57. The Bertz CT molecular complexity index is 610. The topological polar surface area (TPSA) is 71.1 Å². The van der Waals surface area contributed by atoms with Crippen LogP contribution in [0.2, 0.25) is 0 Å². The van der Waals surface area contributed by atoms with E-state index in [2.05, 4.69) is 15.0 Å². The molecule has 0 saturated heterocycles. The molecule has 20 heavy (non-hydrogen) atoms. The number of ether oxygens (including phenoxy) is 1. The van der Waals surface area contributed by atoms with Gasteiger partial charge >= 0.3 is 0 Å². The van der Waals surface area contributed by atoms with Crippen molar-refractivity contribution in [2.24, 2.45) is 0 Å². The summed E-state index contributed by atoms with van der Waals surface area (Å²) in [6.07, 6.45) is 6.44. The van der Waals surface area contributed by atoms with Crippen molar-refractivity contribution in [2.75, 3.05) is 20.2 Å². The van der Waals surface area contributed by atoms with Gasteiger partial charge in [-0.15, -0.1) is 0 Å². The van der Waals surface area contributed by atoms with Crippen molar-refractivity contribution < 1.29 is 9.53 Å². The van der Waals surface area contributed by atoms with Crippen LogP contribution in [0.15, 0.2) is 24.8 Å². The van der Waals surface area contributed by atoms with Crippen molar-refractivity contribution in [1.82, 2.24) is 19.9 Å². The summed E-state index contributed by atoms with van der Waals surface area (Å²) >= 11 is 0. The lowest BCUT2D eigenvalue weighted by atomic mass is 10.1. The highest BCUT2D eigenvalue weighted by atomic mass is 16.5. The van der Waals surface area contributed by atoms with Gasteiger partial charge in [0.25, 0.3) is 5.91 Å². The number of nitrogens with one attached hydrogen (secondary N) is 1. The van der Waals surface area contributed by atoms with Crippen molar-refractivity contribution in [3.63, 3.8) is 0 Å². The number of H-pyrrole nitrogens is 1. The van der Waals surface area contributed by atoms with Crippen LogP contribution in [-0.4, -0.2) is 46.0 Å². The third-order valence-corrected chi connectivity index (χ3v) is 3.57. The van der Waals surface area contributed by atoms with Crippen molar-refractivity contribution >= 4 is 5.91 Å². The van der Waals surface area contributed by atoms with Crippen LogP contribution in [0.25, 0.3) is 0 Å². The second kappa shape index (κ2) is 5.32. The molecule has 1 aliphatic rings. The molecule has 0 aromatic carbocycles. The van der Waals surface area contributed by atoms with Crippen LogP contribution in [0.5, 0.6) is 5.88 Å². The van der Waals surface area contributed by atoms with Gasteiger partial charge in [0.05, 0.1) is 18.4 Å². The van der Waals surface area contributed by atoms with E-state index in [1.54, 1.807) is 25.6 Å². The molecule has 0 aliphatic carbocycles. The number of fused-ring (bicyclic) bond motifs is 1. The van der Waals surface area contributed by atoms with Crippen LogP contribution in [0.4, 0.5) is 0 Å². The predicted octanol–water partition coefficient (Wildman–Crippen LogP) is 1.05. The lowest BCUT2D eigenvalue weighted by Crippen LogP contribution is -2.33. The number of nitrogens with zero attached hydrogens (tertiary/aromatic N) is 3. The van der Waals surface area contributed by atoms with Gasteiger partial charge in [0.15, 0.2) is 0 Å². The molecule has 2 aromatic rings. The molecule has 0 bridgehead atoms. The van der Waals surface area contributed by atoms with Crippen molar-refractivity contribution in [1.29, 1.82) is 0 Å². The molecule has 3 rings (SSSR count). The molecule has 1 N–H and O–H groups in total. The van der Waals surface area contributed by atoms with Gasteiger partial charge in [-0.2, -0.15) is 0 Å². The minimum absolute atomic E-state index is 0.0472. The molecule has 0 radical (unpaired) electrons. The highest BCUT2D eigenvalue weighted by molar-refractivity contribution is 5.94. The smallest absolute Gasteiger partial charge is 0.255 e. The predicted molar refractivity (Wildman–Crippen MR) is 72.7 cm³/mol. The Labute approximate surface area is 116 Å². The van der Waals surface area contributed by atoms with E-state index in [9.17, 15) is 4.79 Å². The summed E-state index contributed by atoms with van der Waals surface area (Å²) in [7, 11) is 1.61. The Hall–Kier alpha value is -2.37. The first-order valence-corrected chi connectivity index (χ1v) is 6.58. The van der Waals surface area contributed by atoms with E-state index >= 15 is 0 Å². The molecule has 0 spiro atoms. The summed E-state index contributed by atoms with van der Waals surface area (Å²) in [5, 5.41) is 0. The average Bonchev–Trinajstić information content (AvgIpc) is 2.92. The largest absolute Gasteiger partial charge is 0.481 e. The number of methoxy groups -OCH3 is 1. The molecule has 3 heterocycles. The quantitative estimate of drug-likeness (QED) is 0.887. The molecule has 6 heteroatoms. The van der Waals surface area contributed by atoms with Gasteiger partial charge in [-0.1, -0.05) is 0 Å². The maximum atomic E-state index is 12.4. The molecule has 2 aromatic heterocycles. The monoisotopic (exact) mass is 272 g/mol. The van der Waals surface area contributed by atoms with Crippen LogP contribution >= 0.6 is 0 Å². The number of aromatic amines is 1. The molecule has 0 atom stereocenters. The van der Waals surface area contributed by atoms with Crippen LogP contribution < -0.4 is 4.74 Å². The first-order chi connectivity index (χ1) is 9.79. The molecule has 6 nitrogen and oxygen atoms in total. The fraction of sp³-hybridized carbons (Fsp3) is 0.357. The maximum Gasteiger partial charge on any atom is 0.255 e. The summed E-state index contributed by atoms with van der Waals surface area (Å²) in [6.45, 7) is 1.32. The Morgan fingerprint density at radius 1 is 1.35 bits per heavy atom. The maximum absolute atomic E-state index is 12.4. The molecule has 0 saturated carbocycles. The van der Waals surface area contributed by atoms with E-state index in [1.165, 1.54) is 6.33 Å². The molecule has 1 aliphatic heterocycles. The van der Waals surface area contributed by atoms with Gasteiger partial charge < -0.3 is 14.6 Å². The number of hydrogen-bond acceptors (Lipinski definition) is 4. The van der Waals surface area contributed by atoms with Gasteiger partial charge in [0, 0.05) is 37.5 Å². The van der Waals surface area contributed by atoms with E-state index in [1.807, 2.05) is 4.90 Å². The first-order valence-electron chi connectivity index (χ1n) is 6.58. The normalized spacial score (nSPS) is 14.6. The molecule has 104 valence electrons.